The third-order valence-electron chi connectivity index (χ3n) is 7.56. The van der Waals surface area contributed by atoms with E-state index in [-0.39, 0.29) is 18.5 Å². The summed E-state index contributed by atoms with van der Waals surface area (Å²) in [5, 5.41) is 21.3. The van der Waals surface area contributed by atoms with E-state index in [2.05, 4.69) is 6.92 Å². The zero-order valence-corrected chi connectivity index (χ0v) is 19.8. The predicted octanol–water partition coefficient (Wildman–Crippen LogP) is 3.11. The minimum Gasteiger partial charge on any atom is -0.430 e. The van der Waals surface area contributed by atoms with Crippen LogP contribution in [-0.4, -0.2) is 64.2 Å². The van der Waals surface area contributed by atoms with E-state index in [4.69, 9.17) is 18.9 Å². The fourth-order valence-corrected chi connectivity index (χ4v) is 5.51. The maximum absolute atomic E-state index is 12.6. The normalized spacial score (nSPS) is 45.5. The first-order chi connectivity index (χ1) is 14.5. The quantitative estimate of drug-likeness (QED) is 0.323. The van der Waals surface area contributed by atoms with Gasteiger partial charge in [-0.1, -0.05) is 51.7 Å². The summed E-state index contributed by atoms with van der Waals surface area (Å²) in [6.45, 7) is 11.4. The van der Waals surface area contributed by atoms with E-state index >= 15 is 0 Å². The molecule has 3 saturated heterocycles. The van der Waals surface area contributed by atoms with Crippen molar-refractivity contribution in [3.8, 4) is 0 Å². The number of ether oxygens (including phenoxy) is 4. The van der Waals surface area contributed by atoms with Crippen LogP contribution in [-0.2, 0) is 23.7 Å². The Bertz CT molecular complexity index is 681. The van der Waals surface area contributed by atoms with Gasteiger partial charge in [-0.05, 0) is 27.2 Å². The first kappa shape index (κ1) is 24.6. The minimum absolute atomic E-state index is 0.243. The molecule has 3 heterocycles. The molecule has 3 rings (SSSR count). The SMILES string of the molecule is CCCCCCC(O)C=CCOC1C(C)C(O)C2(C)OC1(C)C1(C)OC(=O)C(C)C2O1. The molecule has 4 bridgehead atoms. The average molecular weight is 441 g/mol. The Morgan fingerprint density at radius 3 is 2.58 bits per heavy atom. The summed E-state index contributed by atoms with van der Waals surface area (Å²) >= 11 is 0. The highest BCUT2D eigenvalue weighted by Crippen LogP contribution is 2.57. The lowest BCUT2D eigenvalue weighted by atomic mass is 9.66. The third kappa shape index (κ3) is 4.20. The van der Waals surface area contributed by atoms with Crippen molar-refractivity contribution in [3.05, 3.63) is 12.2 Å². The summed E-state index contributed by atoms with van der Waals surface area (Å²) in [6, 6.07) is 0. The molecule has 0 radical (unpaired) electrons. The van der Waals surface area contributed by atoms with Crippen molar-refractivity contribution in [2.45, 2.75) is 115 Å². The summed E-state index contributed by atoms with van der Waals surface area (Å²) in [5.74, 6) is -2.48. The number of aliphatic hydroxyl groups excluding tert-OH is 2. The van der Waals surface area contributed by atoms with E-state index in [1.165, 1.54) is 12.8 Å². The van der Waals surface area contributed by atoms with E-state index in [1.807, 2.05) is 13.8 Å². The number of carbonyl (C=O) groups excluding carboxylic acids is 1. The van der Waals surface area contributed by atoms with Crippen LogP contribution < -0.4 is 0 Å². The van der Waals surface area contributed by atoms with Gasteiger partial charge in [0.1, 0.15) is 11.7 Å². The second kappa shape index (κ2) is 9.10. The molecule has 7 nitrogen and oxygen atoms in total. The van der Waals surface area contributed by atoms with Gasteiger partial charge >= 0.3 is 5.97 Å². The maximum atomic E-state index is 12.6. The molecule has 0 saturated carbocycles. The summed E-state index contributed by atoms with van der Waals surface area (Å²) in [7, 11) is 0. The molecule has 0 aromatic carbocycles. The Balaban J connectivity index is 1.71. The molecule has 0 amide bonds. The monoisotopic (exact) mass is 440 g/mol. The fraction of sp³-hybridized carbons (Fsp3) is 0.875. The second-order valence-electron chi connectivity index (χ2n) is 9.99. The average Bonchev–Trinajstić information content (AvgIpc) is 2.71. The van der Waals surface area contributed by atoms with Crippen molar-refractivity contribution in [1.82, 2.24) is 0 Å². The largest absolute Gasteiger partial charge is 0.430 e. The lowest BCUT2D eigenvalue weighted by molar-refractivity contribution is -0.472. The number of rotatable bonds is 9. The van der Waals surface area contributed by atoms with Crippen LogP contribution in [0.5, 0.6) is 0 Å². The van der Waals surface area contributed by atoms with Gasteiger partial charge in [0.2, 0.25) is 5.79 Å². The van der Waals surface area contributed by atoms with Crippen LogP contribution in [0.25, 0.3) is 0 Å². The molecule has 0 spiro atoms. The molecular formula is C24H40O7. The Morgan fingerprint density at radius 1 is 1.19 bits per heavy atom. The molecule has 178 valence electrons. The fourth-order valence-electron chi connectivity index (χ4n) is 5.51. The predicted molar refractivity (Wildman–Crippen MR) is 115 cm³/mol. The Labute approximate surface area is 186 Å². The highest BCUT2D eigenvalue weighted by Gasteiger charge is 2.74. The van der Waals surface area contributed by atoms with E-state index in [0.717, 1.165) is 19.3 Å². The second-order valence-corrected chi connectivity index (χ2v) is 9.99. The van der Waals surface area contributed by atoms with E-state index in [1.54, 1.807) is 32.9 Å². The van der Waals surface area contributed by atoms with E-state index in [0.29, 0.717) is 0 Å². The van der Waals surface area contributed by atoms with Gasteiger partial charge in [-0.3, -0.25) is 4.79 Å². The van der Waals surface area contributed by atoms with Crippen LogP contribution in [0.1, 0.15) is 73.6 Å². The van der Waals surface area contributed by atoms with Crippen molar-refractivity contribution in [3.63, 3.8) is 0 Å². The zero-order valence-electron chi connectivity index (χ0n) is 19.8. The smallest absolute Gasteiger partial charge is 0.314 e. The first-order valence-corrected chi connectivity index (χ1v) is 11.8. The van der Waals surface area contributed by atoms with Crippen LogP contribution in [0.2, 0.25) is 0 Å². The van der Waals surface area contributed by atoms with Crippen LogP contribution in [0.3, 0.4) is 0 Å². The number of carbonyl (C=O) groups is 1. The van der Waals surface area contributed by atoms with Gasteiger partial charge in [-0.25, -0.2) is 0 Å². The molecule has 2 N–H and O–H groups in total. The van der Waals surface area contributed by atoms with Crippen LogP contribution in [0.4, 0.5) is 0 Å². The van der Waals surface area contributed by atoms with Gasteiger partial charge in [0.15, 0.2) is 5.60 Å². The van der Waals surface area contributed by atoms with Crippen LogP contribution in [0, 0.1) is 11.8 Å². The van der Waals surface area contributed by atoms with Gasteiger partial charge < -0.3 is 29.2 Å². The van der Waals surface area contributed by atoms with Crippen LogP contribution >= 0.6 is 0 Å². The molecule has 0 aromatic rings. The van der Waals surface area contributed by atoms with Gasteiger partial charge in [0, 0.05) is 12.8 Å². The number of hydrogen-bond donors (Lipinski definition) is 2. The van der Waals surface area contributed by atoms with Crippen molar-refractivity contribution in [2.75, 3.05) is 6.61 Å². The third-order valence-corrected chi connectivity index (χ3v) is 7.56. The highest BCUT2D eigenvalue weighted by molar-refractivity contribution is 5.74. The Kier molecular flexibility index (Phi) is 7.24. The summed E-state index contributed by atoms with van der Waals surface area (Å²) in [5.41, 5.74) is -2.14. The summed E-state index contributed by atoms with van der Waals surface area (Å²) in [6.07, 6.45) is 6.21. The van der Waals surface area contributed by atoms with E-state index in [9.17, 15) is 15.0 Å². The Hall–Kier alpha value is -0.990. The molecule has 31 heavy (non-hydrogen) atoms. The molecular weight excluding hydrogens is 400 g/mol. The van der Waals surface area contributed by atoms with Crippen molar-refractivity contribution in [1.29, 1.82) is 0 Å². The van der Waals surface area contributed by atoms with Crippen molar-refractivity contribution >= 4 is 5.97 Å². The summed E-state index contributed by atoms with van der Waals surface area (Å²) in [4.78, 5) is 12.6. The summed E-state index contributed by atoms with van der Waals surface area (Å²) < 4.78 is 24.6. The number of fused-ring (bicyclic) bond motifs is 6. The number of esters is 1. The van der Waals surface area contributed by atoms with E-state index < -0.39 is 47.3 Å². The molecule has 9 unspecified atom stereocenters. The van der Waals surface area contributed by atoms with Gasteiger partial charge in [0.05, 0.1) is 30.8 Å². The minimum atomic E-state index is -1.32. The molecule has 9 atom stereocenters. The lowest BCUT2D eigenvalue weighted by Gasteiger charge is -2.67. The van der Waals surface area contributed by atoms with Crippen LogP contribution in [0.15, 0.2) is 12.2 Å². The standard InChI is InChI=1S/C24H40O7/c1-7-8-9-10-12-17(25)13-11-14-28-20-15(2)18(26)22(4)19-16(3)21(27)30-24(6,29-19)23(20,5)31-22/h11,13,15-20,25-26H,7-10,12,14H2,1-6H3. The van der Waals surface area contributed by atoms with Crippen molar-refractivity contribution in [2.24, 2.45) is 11.8 Å². The first-order valence-electron chi connectivity index (χ1n) is 11.8. The number of hydrogen-bond acceptors (Lipinski definition) is 7. The number of unbranched alkanes of at least 4 members (excludes halogenated alkanes) is 3. The number of aliphatic hydroxyl groups is 2. The van der Waals surface area contributed by atoms with Gasteiger partial charge in [0.25, 0.3) is 0 Å². The molecule has 0 aromatic heterocycles. The lowest BCUT2D eigenvalue weighted by Crippen LogP contribution is -2.83. The highest BCUT2D eigenvalue weighted by atomic mass is 16.8. The molecule has 3 aliphatic heterocycles. The molecule has 0 aliphatic carbocycles. The van der Waals surface area contributed by atoms with Gasteiger partial charge in [-0.15, -0.1) is 0 Å². The zero-order chi connectivity index (χ0) is 23.0. The topological polar surface area (TPSA) is 94.5 Å². The molecule has 3 fully saturated rings. The van der Waals surface area contributed by atoms with Crippen molar-refractivity contribution < 1.29 is 34.0 Å². The molecule has 3 aliphatic rings. The maximum Gasteiger partial charge on any atom is 0.314 e. The van der Waals surface area contributed by atoms with Gasteiger partial charge in [-0.2, -0.15) is 0 Å². The molecule has 7 heteroatoms. The Morgan fingerprint density at radius 2 is 1.90 bits per heavy atom.